The highest BCUT2D eigenvalue weighted by Gasteiger charge is 2.54. The van der Waals surface area contributed by atoms with Gasteiger partial charge in [-0.1, -0.05) is 11.6 Å². The lowest BCUT2D eigenvalue weighted by atomic mass is 9.77. The first-order valence-corrected chi connectivity index (χ1v) is 9.73. The first kappa shape index (κ1) is 20.8. The van der Waals surface area contributed by atoms with Gasteiger partial charge in [-0.2, -0.15) is 0 Å². The van der Waals surface area contributed by atoms with Crippen LogP contribution in [0, 0.1) is 5.82 Å². The van der Waals surface area contributed by atoms with Gasteiger partial charge in [-0.15, -0.1) is 0 Å². The molecule has 1 aliphatic carbocycles. The number of fused-ring (bicyclic) bond motifs is 1. The number of nitrogens with one attached hydrogen (secondary N) is 2. The second-order valence-corrected chi connectivity index (χ2v) is 7.91. The molecule has 1 aliphatic rings. The van der Waals surface area contributed by atoms with Gasteiger partial charge in [-0.05, 0) is 25.3 Å². The molecule has 11 heteroatoms. The molecule has 0 amide bonds. The van der Waals surface area contributed by atoms with Gasteiger partial charge in [0.15, 0.2) is 17.5 Å². The second-order valence-electron chi connectivity index (χ2n) is 7.47. The Morgan fingerprint density at radius 2 is 2.13 bits per heavy atom. The molecule has 160 valence electrons. The zero-order valence-electron chi connectivity index (χ0n) is 15.7. The van der Waals surface area contributed by atoms with Gasteiger partial charge in [0.2, 0.25) is 0 Å². The van der Waals surface area contributed by atoms with Crippen molar-refractivity contribution in [2.75, 3.05) is 11.9 Å². The van der Waals surface area contributed by atoms with E-state index >= 15 is 0 Å². The molecule has 3 aromatic heterocycles. The molecule has 4 N–H and O–H groups in total. The summed E-state index contributed by atoms with van der Waals surface area (Å²) in [5, 5.41) is 23.2. The van der Waals surface area contributed by atoms with E-state index in [0.29, 0.717) is 28.0 Å². The predicted octanol–water partition coefficient (Wildman–Crippen LogP) is 3.53. The number of anilines is 1. The largest absolute Gasteiger partial charge is 0.390 e. The molecule has 0 bridgehead atoms. The Kier molecular flexibility index (Phi) is 5.33. The van der Waals surface area contributed by atoms with Gasteiger partial charge in [0.25, 0.3) is 5.92 Å². The van der Waals surface area contributed by atoms with Crippen LogP contribution in [0.1, 0.15) is 25.7 Å². The standard InChI is InChI=1S/C19H19ClF3N5O2/c20-10-4-12-13(7-25-15(12)24-6-10)16-26-8-14(21)17(28-16)27-11-2-1-3-18(30,5-11)19(22,23)9-29/h4,6-8,11,29-30H,1-3,5,9H2,(H,24,25)(H,26,27,28)/t11-,18+/m0/s1. The lowest BCUT2D eigenvalue weighted by Crippen LogP contribution is -2.55. The zero-order valence-corrected chi connectivity index (χ0v) is 16.4. The quantitative estimate of drug-likeness (QED) is 0.482. The van der Waals surface area contributed by atoms with Crippen molar-refractivity contribution >= 4 is 28.5 Å². The molecule has 4 rings (SSSR count). The molecule has 30 heavy (non-hydrogen) atoms. The van der Waals surface area contributed by atoms with Gasteiger partial charge < -0.3 is 20.5 Å². The van der Waals surface area contributed by atoms with E-state index in [1.165, 1.54) is 6.20 Å². The van der Waals surface area contributed by atoms with Crippen molar-refractivity contribution in [2.24, 2.45) is 0 Å². The van der Waals surface area contributed by atoms with Crippen LogP contribution < -0.4 is 5.32 Å². The maximum absolute atomic E-state index is 14.4. The number of H-pyrrole nitrogens is 1. The summed E-state index contributed by atoms with van der Waals surface area (Å²) in [7, 11) is 0. The van der Waals surface area contributed by atoms with E-state index in [0.717, 1.165) is 6.20 Å². The Hall–Kier alpha value is -2.43. The maximum atomic E-state index is 14.4. The molecular formula is C19H19ClF3N5O2. The third-order valence-corrected chi connectivity index (χ3v) is 5.64. The van der Waals surface area contributed by atoms with Crippen LogP contribution in [0.5, 0.6) is 0 Å². The molecule has 0 radical (unpaired) electrons. The molecule has 1 fully saturated rings. The van der Waals surface area contributed by atoms with Gasteiger partial charge in [0.05, 0.1) is 11.2 Å². The lowest BCUT2D eigenvalue weighted by molar-refractivity contribution is -0.213. The van der Waals surface area contributed by atoms with Gasteiger partial charge in [-0.3, -0.25) is 0 Å². The molecule has 7 nitrogen and oxygen atoms in total. The summed E-state index contributed by atoms with van der Waals surface area (Å²) >= 11 is 6.00. The van der Waals surface area contributed by atoms with E-state index in [9.17, 15) is 18.3 Å². The van der Waals surface area contributed by atoms with Gasteiger partial charge >= 0.3 is 0 Å². The average molecular weight is 442 g/mol. The van der Waals surface area contributed by atoms with Crippen LogP contribution in [-0.2, 0) is 0 Å². The van der Waals surface area contributed by atoms with Crippen molar-refractivity contribution in [1.82, 2.24) is 19.9 Å². The van der Waals surface area contributed by atoms with Crippen LogP contribution in [0.3, 0.4) is 0 Å². The summed E-state index contributed by atoms with van der Waals surface area (Å²) in [4.78, 5) is 15.3. The summed E-state index contributed by atoms with van der Waals surface area (Å²) in [6, 6.07) is 1.02. The molecule has 3 aromatic rings. The third kappa shape index (κ3) is 3.70. The summed E-state index contributed by atoms with van der Waals surface area (Å²) in [5.41, 5.74) is -1.26. The Morgan fingerprint density at radius 1 is 1.33 bits per heavy atom. The summed E-state index contributed by atoms with van der Waals surface area (Å²) < 4.78 is 42.4. The van der Waals surface area contributed by atoms with Crippen molar-refractivity contribution in [3.63, 3.8) is 0 Å². The fraction of sp³-hybridized carbons (Fsp3) is 0.421. The molecule has 0 saturated heterocycles. The maximum Gasteiger partial charge on any atom is 0.298 e. The Bertz CT molecular complexity index is 1080. The van der Waals surface area contributed by atoms with E-state index in [4.69, 9.17) is 16.7 Å². The van der Waals surface area contributed by atoms with Crippen molar-refractivity contribution < 1.29 is 23.4 Å². The molecule has 0 spiro atoms. The fourth-order valence-electron chi connectivity index (χ4n) is 3.81. The van der Waals surface area contributed by atoms with E-state index in [1.807, 2.05) is 0 Å². The first-order chi connectivity index (χ1) is 14.2. The predicted molar refractivity (Wildman–Crippen MR) is 105 cm³/mol. The third-order valence-electron chi connectivity index (χ3n) is 5.43. The number of hydrogen-bond acceptors (Lipinski definition) is 6. The monoisotopic (exact) mass is 441 g/mol. The van der Waals surface area contributed by atoms with Crippen LogP contribution in [-0.4, -0.2) is 54.3 Å². The molecule has 0 aromatic carbocycles. The minimum atomic E-state index is -3.65. The highest BCUT2D eigenvalue weighted by Crippen LogP contribution is 2.41. The molecule has 0 aliphatic heterocycles. The normalized spacial score (nSPS) is 22.4. The number of halogens is 4. The highest BCUT2D eigenvalue weighted by atomic mass is 35.5. The Labute approximate surface area is 174 Å². The second kappa shape index (κ2) is 7.68. The van der Waals surface area contributed by atoms with Crippen LogP contribution in [0.25, 0.3) is 22.4 Å². The molecule has 3 heterocycles. The number of aliphatic hydroxyl groups excluding tert-OH is 1. The number of pyridine rings is 1. The molecule has 2 atom stereocenters. The number of aromatic nitrogens is 4. The van der Waals surface area contributed by atoms with Crippen LogP contribution in [0.2, 0.25) is 5.02 Å². The topological polar surface area (TPSA) is 107 Å². The van der Waals surface area contributed by atoms with E-state index in [-0.39, 0.29) is 30.9 Å². The van der Waals surface area contributed by atoms with Crippen molar-refractivity contribution in [1.29, 1.82) is 0 Å². The number of aliphatic hydroxyl groups is 2. The van der Waals surface area contributed by atoms with Crippen molar-refractivity contribution in [3.05, 3.63) is 35.5 Å². The van der Waals surface area contributed by atoms with Crippen molar-refractivity contribution in [2.45, 2.75) is 43.2 Å². The minimum absolute atomic E-state index is 0.153. The van der Waals surface area contributed by atoms with Crippen LogP contribution >= 0.6 is 11.6 Å². The lowest BCUT2D eigenvalue weighted by Gasteiger charge is -2.41. The SMILES string of the molecule is OCC(F)(F)[C@@]1(O)CCC[C@H](Nc2nc(-c3c[nH]c4ncc(Cl)cc34)ncc2F)C1. The Morgan fingerprint density at radius 3 is 2.90 bits per heavy atom. The molecular weight excluding hydrogens is 423 g/mol. The van der Waals surface area contributed by atoms with E-state index < -0.39 is 30.0 Å². The average Bonchev–Trinajstić information content (AvgIpc) is 3.12. The molecule has 1 saturated carbocycles. The Balaban J connectivity index is 1.62. The fourth-order valence-corrected chi connectivity index (χ4v) is 3.97. The van der Waals surface area contributed by atoms with E-state index in [2.05, 4.69) is 25.3 Å². The minimum Gasteiger partial charge on any atom is -0.390 e. The van der Waals surface area contributed by atoms with Gasteiger partial charge in [-0.25, -0.2) is 28.1 Å². The number of aromatic amines is 1. The smallest absolute Gasteiger partial charge is 0.298 e. The van der Waals surface area contributed by atoms with Gasteiger partial charge in [0.1, 0.15) is 17.9 Å². The highest BCUT2D eigenvalue weighted by molar-refractivity contribution is 6.31. The summed E-state index contributed by atoms with van der Waals surface area (Å²) in [6.07, 6.45) is 4.30. The summed E-state index contributed by atoms with van der Waals surface area (Å²) in [6.45, 7) is -1.46. The summed E-state index contributed by atoms with van der Waals surface area (Å²) in [5.74, 6) is -4.37. The van der Waals surface area contributed by atoms with Crippen LogP contribution in [0.15, 0.2) is 24.7 Å². The number of alkyl halides is 2. The first-order valence-electron chi connectivity index (χ1n) is 9.35. The molecule has 0 unspecified atom stereocenters. The zero-order chi connectivity index (χ0) is 21.5. The van der Waals surface area contributed by atoms with Gasteiger partial charge in [0, 0.05) is 35.8 Å². The number of hydrogen-bond donors (Lipinski definition) is 4. The van der Waals surface area contributed by atoms with Crippen LogP contribution in [0.4, 0.5) is 19.0 Å². The number of nitrogens with zero attached hydrogens (tertiary/aromatic N) is 3. The van der Waals surface area contributed by atoms with E-state index in [1.54, 1.807) is 12.3 Å². The number of rotatable bonds is 5. The van der Waals surface area contributed by atoms with Crippen molar-refractivity contribution in [3.8, 4) is 11.4 Å².